The van der Waals surface area contributed by atoms with Gasteiger partial charge in [0.05, 0.1) is 0 Å². The van der Waals surface area contributed by atoms with Crippen molar-refractivity contribution in [2.24, 2.45) is 17.8 Å². The normalized spacial score (nSPS) is 36.3. The second-order valence-corrected chi connectivity index (χ2v) is 6.90. The topological polar surface area (TPSA) is 32.3 Å². The van der Waals surface area contributed by atoms with Crippen molar-refractivity contribution < 1.29 is 5.11 Å². The van der Waals surface area contributed by atoms with Gasteiger partial charge >= 0.3 is 0 Å². The van der Waals surface area contributed by atoms with Gasteiger partial charge in [0.1, 0.15) is 0 Å². The summed E-state index contributed by atoms with van der Waals surface area (Å²) in [5, 5.41) is 13.3. The fraction of sp³-hybridized carbons (Fsp3) is 1.00. The Kier molecular flexibility index (Phi) is 6.66. The highest BCUT2D eigenvalue weighted by Gasteiger charge is 2.26. The Balaban J connectivity index is 1.65. The minimum absolute atomic E-state index is 0.398. The second kappa shape index (κ2) is 8.26. The molecule has 2 atom stereocenters. The van der Waals surface area contributed by atoms with Gasteiger partial charge in [-0.05, 0) is 62.8 Å². The smallest absolute Gasteiger partial charge is 0.0462 e. The molecule has 112 valence electrons. The van der Waals surface area contributed by atoms with E-state index in [4.69, 9.17) is 0 Å². The largest absolute Gasteiger partial charge is 0.396 e. The van der Waals surface area contributed by atoms with Crippen molar-refractivity contribution in [3.05, 3.63) is 0 Å². The maximum atomic E-state index is 9.46. The minimum Gasteiger partial charge on any atom is -0.396 e. The third-order valence-electron chi connectivity index (χ3n) is 5.51. The van der Waals surface area contributed by atoms with Crippen LogP contribution in [0.2, 0.25) is 0 Å². The molecule has 2 fully saturated rings. The van der Waals surface area contributed by atoms with Crippen molar-refractivity contribution in [3.8, 4) is 0 Å². The Morgan fingerprint density at radius 3 is 2.26 bits per heavy atom. The molecule has 0 spiro atoms. The first-order valence-electron chi connectivity index (χ1n) is 8.67. The van der Waals surface area contributed by atoms with Crippen LogP contribution in [0.3, 0.4) is 0 Å². The molecule has 0 aromatic heterocycles. The van der Waals surface area contributed by atoms with Crippen molar-refractivity contribution in [1.82, 2.24) is 5.32 Å². The Labute approximate surface area is 119 Å². The van der Waals surface area contributed by atoms with Crippen molar-refractivity contribution in [3.63, 3.8) is 0 Å². The maximum Gasteiger partial charge on any atom is 0.0462 e. The van der Waals surface area contributed by atoms with E-state index in [1.807, 2.05) is 0 Å². The average molecular weight is 267 g/mol. The van der Waals surface area contributed by atoms with Gasteiger partial charge in [-0.3, -0.25) is 0 Å². The summed E-state index contributed by atoms with van der Waals surface area (Å²) in [6.07, 6.45) is 13.7. The molecule has 2 N–H and O–H groups in total. The van der Waals surface area contributed by atoms with Crippen LogP contribution in [0.15, 0.2) is 0 Å². The van der Waals surface area contributed by atoms with Crippen LogP contribution in [-0.4, -0.2) is 24.3 Å². The zero-order valence-corrected chi connectivity index (χ0v) is 12.7. The molecule has 2 aliphatic rings. The average Bonchev–Trinajstić information content (AvgIpc) is 2.47. The number of aliphatic hydroxyl groups excluding tert-OH is 1. The third-order valence-corrected chi connectivity index (χ3v) is 5.51. The summed E-state index contributed by atoms with van der Waals surface area (Å²) >= 11 is 0. The zero-order valence-electron chi connectivity index (χ0n) is 12.7. The predicted octanol–water partition coefficient (Wildman–Crippen LogP) is 3.73. The lowest BCUT2D eigenvalue weighted by molar-refractivity contribution is 0.128. The second-order valence-electron chi connectivity index (χ2n) is 6.90. The molecule has 19 heavy (non-hydrogen) atoms. The molecule has 0 bridgehead atoms. The fourth-order valence-electron chi connectivity index (χ4n) is 4.18. The molecule has 0 heterocycles. The van der Waals surface area contributed by atoms with E-state index >= 15 is 0 Å². The molecule has 0 aliphatic heterocycles. The predicted molar refractivity (Wildman–Crippen MR) is 81.2 cm³/mol. The first kappa shape index (κ1) is 15.3. The van der Waals surface area contributed by atoms with Gasteiger partial charge in [-0.15, -0.1) is 0 Å². The van der Waals surface area contributed by atoms with Crippen LogP contribution in [0, 0.1) is 17.8 Å². The molecule has 2 heteroatoms. The van der Waals surface area contributed by atoms with Crippen LogP contribution in [0.25, 0.3) is 0 Å². The van der Waals surface area contributed by atoms with E-state index in [0.717, 1.165) is 24.4 Å². The van der Waals surface area contributed by atoms with E-state index in [1.165, 1.54) is 64.2 Å². The molecular weight excluding hydrogens is 234 g/mol. The van der Waals surface area contributed by atoms with Crippen LogP contribution in [0.5, 0.6) is 0 Å². The van der Waals surface area contributed by atoms with Gasteiger partial charge in [0.15, 0.2) is 0 Å². The quantitative estimate of drug-likeness (QED) is 0.768. The SMILES string of the molecule is CCCC1CCC(NCC2CCCCC2CO)CC1. The lowest BCUT2D eigenvalue weighted by Crippen LogP contribution is -2.39. The van der Waals surface area contributed by atoms with E-state index in [0.29, 0.717) is 12.5 Å². The molecule has 0 radical (unpaired) electrons. The summed E-state index contributed by atoms with van der Waals surface area (Å²) in [6, 6.07) is 0.759. The first-order chi connectivity index (χ1) is 9.33. The number of rotatable bonds is 6. The molecule has 0 amide bonds. The van der Waals surface area contributed by atoms with E-state index in [9.17, 15) is 5.11 Å². The lowest BCUT2D eigenvalue weighted by Gasteiger charge is -2.34. The Morgan fingerprint density at radius 2 is 1.63 bits per heavy atom. The summed E-state index contributed by atoms with van der Waals surface area (Å²) in [5.74, 6) is 2.30. The Hall–Kier alpha value is -0.0800. The van der Waals surface area contributed by atoms with Crippen LogP contribution in [-0.2, 0) is 0 Å². The summed E-state index contributed by atoms with van der Waals surface area (Å²) in [7, 11) is 0. The summed E-state index contributed by atoms with van der Waals surface area (Å²) in [4.78, 5) is 0. The molecule has 0 aromatic rings. The number of hydrogen-bond donors (Lipinski definition) is 2. The molecule has 2 aliphatic carbocycles. The van der Waals surface area contributed by atoms with Gasteiger partial charge in [-0.2, -0.15) is 0 Å². The molecule has 2 unspecified atom stereocenters. The molecule has 2 nitrogen and oxygen atoms in total. The summed E-state index contributed by atoms with van der Waals surface area (Å²) in [6.45, 7) is 3.85. The molecule has 2 saturated carbocycles. The third kappa shape index (κ3) is 4.75. The summed E-state index contributed by atoms with van der Waals surface area (Å²) < 4.78 is 0. The van der Waals surface area contributed by atoms with E-state index in [2.05, 4.69) is 12.2 Å². The highest BCUT2D eigenvalue weighted by molar-refractivity contribution is 4.81. The van der Waals surface area contributed by atoms with Gasteiger partial charge in [0.2, 0.25) is 0 Å². The van der Waals surface area contributed by atoms with Crippen LogP contribution >= 0.6 is 0 Å². The van der Waals surface area contributed by atoms with Crippen molar-refractivity contribution in [2.45, 2.75) is 77.2 Å². The number of aliphatic hydroxyl groups is 1. The van der Waals surface area contributed by atoms with Crippen molar-refractivity contribution in [1.29, 1.82) is 0 Å². The summed E-state index contributed by atoms with van der Waals surface area (Å²) in [5.41, 5.74) is 0. The highest BCUT2D eigenvalue weighted by atomic mass is 16.3. The zero-order chi connectivity index (χ0) is 13.5. The minimum atomic E-state index is 0.398. The molecular formula is C17H33NO. The van der Waals surface area contributed by atoms with Gasteiger partial charge < -0.3 is 10.4 Å². The van der Waals surface area contributed by atoms with Crippen LogP contribution in [0.4, 0.5) is 0 Å². The lowest BCUT2D eigenvalue weighted by atomic mass is 9.79. The van der Waals surface area contributed by atoms with Crippen LogP contribution < -0.4 is 5.32 Å². The van der Waals surface area contributed by atoms with Crippen LogP contribution in [0.1, 0.15) is 71.1 Å². The van der Waals surface area contributed by atoms with Gasteiger partial charge in [-0.25, -0.2) is 0 Å². The Morgan fingerprint density at radius 1 is 0.947 bits per heavy atom. The van der Waals surface area contributed by atoms with E-state index < -0.39 is 0 Å². The molecule has 2 rings (SSSR count). The Bertz CT molecular complexity index is 235. The number of nitrogens with one attached hydrogen (secondary N) is 1. The first-order valence-corrected chi connectivity index (χ1v) is 8.67. The van der Waals surface area contributed by atoms with E-state index in [1.54, 1.807) is 0 Å². The van der Waals surface area contributed by atoms with Gasteiger partial charge in [0, 0.05) is 12.6 Å². The van der Waals surface area contributed by atoms with Gasteiger partial charge in [-0.1, -0.05) is 32.6 Å². The monoisotopic (exact) mass is 267 g/mol. The van der Waals surface area contributed by atoms with Crippen molar-refractivity contribution in [2.75, 3.05) is 13.2 Å². The molecule has 0 aromatic carbocycles. The van der Waals surface area contributed by atoms with Crippen molar-refractivity contribution >= 4 is 0 Å². The van der Waals surface area contributed by atoms with Gasteiger partial charge in [0.25, 0.3) is 0 Å². The maximum absolute atomic E-state index is 9.46. The van der Waals surface area contributed by atoms with E-state index in [-0.39, 0.29) is 0 Å². The highest BCUT2D eigenvalue weighted by Crippen LogP contribution is 2.31. The fourth-order valence-corrected chi connectivity index (χ4v) is 4.18. The number of hydrogen-bond acceptors (Lipinski definition) is 2. The molecule has 0 saturated heterocycles. The standard InChI is InChI=1S/C17H33NO/c1-2-5-14-8-10-17(11-9-14)18-12-15-6-3-4-7-16(15)13-19/h14-19H,2-13H2,1H3.